The molecule has 132 valence electrons. The van der Waals surface area contributed by atoms with Gasteiger partial charge in [0.25, 0.3) is 0 Å². The van der Waals surface area contributed by atoms with Gasteiger partial charge < -0.3 is 9.73 Å². The molecule has 4 nitrogen and oxygen atoms in total. The zero-order chi connectivity index (χ0) is 18.4. The summed E-state index contributed by atoms with van der Waals surface area (Å²) in [4.78, 5) is 16.7. The number of amidine groups is 1. The molecule has 0 amide bonds. The predicted molar refractivity (Wildman–Crippen MR) is 113 cm³/mol. The van der Waals surface area contributed by atoms with Gasteiger partial charge in [-0.15, -0.1) is 0 Å². The number of fused-ring (bicyclic) bond motifs is 1. The molecule has 0 saturated carbocycles. The van der Waals surface area contributed by atoms with Crippen LogP contribution in [0.1, 0.15) is 11.1 Å². The summed E-state index contributed by atoms with van der Waals surface area (Å²) >= 11 is 1.58. The van der Waals surface area contributed by atoms with Crippen molar-refractivity contribution in [1.82, 2.24) is 0 Å². The summed E-state index contributed by atoms with van der Waals surface area (Å²) in [6.07, 6.45) is 0. The third-order valence-electron chi connectivity index (χ3n) is 4.70. The van der Waals surface area contributed by atoms with Crippen molar-refractivity contribution >= 4 is 50.0 Å². The molecule has 1 aliphatic rings. The van der Waals surface area contributed by atoms with E-state index < -0.39 is 0 Å². The number of thioether (sulfide) groups is 1. The predicted octanol–water partition coefficient (Wildman–Crippen LogP) is 5.60. The Labute approximate surface area is 159 Å². The number of aliphatic imine (C=N–C) groups is 1. The minimum atomic E-state index is -0.322. The van der Waals surface area contributed by atoms with E-state index in [4.69, 9.17) is 9.41 Å². The lowest BCUT2D eigenvalue weighted by molar-refractivity contribution is 0.559. The van der Waals surface area contributed by atoms with E-state index in [0.29, 0.717) is 11.3 Å². The van der Waals surface area contributed by atoms with Gasteiger partial charge in [0.2, 0.25) is 0 Å². The molecule has 0 fully saturated rings. The zero-order valence-corrected chi connectivity index (χ0v) is 15.5. The Kier molecular flexibility index (Phi) is 3.76. The summed E-state index contributed by atoms with van der Waals surface area (Å²) in [7, 11) is 0. The number of aryl methyl sites for hydroxylation is 1. The van der Waals surface area contributed by atoms with E-state index in [1.54, 1.807) is 17.8 Å². The van der Waals surface area contributed by atoms with Crippen molar-refractivity contribution in [3.63, 3.8) is 0 Å². The van der Waals surface area contributed by atoms with E-state index >= 15 is 0 Å². The Balaban J connectivity index is 1.49. The Hall–Kier alpha value is -3.05. The Morgan fingerprint density at radius 3 is 2.81 bits per heavy atom. The normalized spacial score (nSPS) is 12.9. The fraction of sp³-hybridized carbons (Fsp3) is 0.0909. The van der Waals surface area contributed by atoms with E-state index in [2.05, 4.69) is 23.5 Å². The molecule has 5 heteroatoms. The van der Waals surface area contributed by atoms with Crippen molar-refractivity contribution in [1.29, 1.82) is 0 Å². The van der Waals surface area contributed by atoms with Crippen LogP contribution in [0.15, 0.2) is 74.9 Å². The van der Waals surface area contributed by atoms with Crippen molar-refractivity contribution < 1.29 is 4.42 Å². The number of nitrogens with one attached hydrogen (secondary N) is 1. The van der Waals surface area contributed by atoms with Crippen LogP contribution < -0.4 is 10.9 Å². The van der Waals surface area contributed by atoms with Gasteiger partial charge in [-0.25, -0.2) is 9.79 Å². The molecule has 5 rings (SSSR count). The number of rotatable bonds is 2. The third-order valence-corrected chi connectivity index (χ3v) is 5.62. The Morgan fingerprint density at radius 1 is 1.07 bits per heavy atom. The summed E-state index contributed by atoms with van der Waals surface area (Å²) in [6, 6.07) is 19.9. The van der Waals surface area contributed by atoms with Gasteiger partial charge in [0.05, 0.1) is 11.4 Å². The van der Waals surface area contributed by atoms with Gasteiger partial charge in [-0.05, 0) is 41.6 Å². The molecule has 27 heavy (non-hydrogen) atoms. The van der Waals surface area contributed by atoms with Crippen LogP contribution in [0.4, 0.5) is 11.4 Å². The summed E-state index contributed by atoms with van der Waals surface area (Å²) in [5.41, 5.74) is 4.36. The highest BCUT2D eigenvalue weighted by atomic mass is 32.2. The van der Waals surface area contributed by atoms with Gasteiger partial charge in [0, 0.05) is 22.6 Å². The van der Waals surface area contributed by atoms with Crippen LogP contribution in [0.5, 0.6) is 0 Å². The Morgan fingerprint density at radius 2 is 1.93 bits per heavy atom. The van der Waals surface area contributed by atoms with Crippen LogP contribution in [0.2, 0.25) is 0 Å². The van der Waals surface area contributed by atoms with E-state index in [0.717, 1.165) is 38.4 Å². The molecule has 2 heterocycles. The van der Waals surface area contributed by atoms with E-state index in [1.807, 2.05) is 43.3 Å². The van der Waals surface area contributed by atoms with E-state index in [9.17, 15) is 4.79 Å². The number of anilines is 1. The molecule has 0 saturated heterocycles. The summed E-state index contributed by atoms with van der Waals surface area (Å²) < 4.78 is 5.35. The van der Waals surface area contributed by atoms with Crippen LogP contribution in [-0.2, 0) is 5.75 Å². The SMILES string of the molecule is Cc1ccc2c(CSC3=Nc4cccc5cccc(c45)N3)cc(=O)oc2c1. The fourth-order valence-corrected chi connectivity index (χ4v) is 4.32. The first-order valence-electron chi connectivity index (χ1n) is 8.71. The van der Waals surface area contributed by atoms with Crippen LogP contribution in [-0.4, -0.2) is 5.17 Å². The molecular formula is C22H16N2O2S. The van der Waals surface area contributed by atoms with Crippen LogP contribution >= 0.6 is 11.8 Å². The highest BCUT2D eigenvalue weighted by Gasteiger charge is 2.15. The molecule has 0 unspecified atom stereocenters. The van der Waals surface area contributed by atoms with Crippen molar-refractivity contribution in [2.75, 3.05) is 5.32 Å². The average molecular weight is 372 g/mol. The van der Waals surface area contributed by atoms with Gasteiger partial charge in [-0.2, -0.15) is 0 Å². The van der Waals surface area contributed by atoms with E-state index in [1.165, 1.54) is 5.39 Å². The first kappa shape index (κ1) is 16.1. The molecule has 0 spiro atoms. The maximum atomic E-state index is 11.9. The summed E-state index contributed by atoms with van der Waals surface area (Å²) in [6.45, 7) is 1.99. The number of benzene rings is 3. The maximum Gasteiger partial charge on any atom is 0.336 e. The van der Waals surface area contributed by atoms with Crippen molar-refractivity contribution in [2.24, 2.45) is 4.99 Å². The number of nitrogens with zero attached hydrogens (tertiary/aromatic N) is 1. The maximum absolute atomic E-state index is 11.9. The van der Waals surface area contributed by atoms with Crippen molar-refractivity contribution in [3.05, 3.63) is 82.2 Å². The van der Waals surface area contributed by atoms with Crippen molar-refractivity contribution in [3.8, 4) is 0 Å². The monoisotopic (exact) mass is 372 g/mol. The molecule has 0 bridgehead atoms. The van der Waals surface area contributed by atoms with Crippen LogP contribution in [0.25, 0.3) is 21.7 Å². The van der Waals surface area contributed by atoms with Gasteiger partial charge >= 0.3 is 5.63 Å². The molecule has 1 aromatic heterocycles. The lowest BCUT2D eigenvalue weighted by Crippen LogP contribution is -2.11. The van der Waals surface area contributed by atoms with Gasteiger partial charge in [0.15, 0.2) is 5.17 Å². The first-order chi connectivity index (χ1) is 13.2. The topological polar surface area (TPSA) is 54.6 Å². The Bertz CT molecular complexity index is 1290. The third kappa shape index (κ3) is 2.90. The fourth-order valence-electron chi connectivity index (χ4n) is 3.44. The van der Waals surface area contributed by atoms with Crippen molar-refractivity contribution in [2.45, 2.75) is 12.7 Å². The molecule has 0 atom stereocenters. The molecule has 1 N–H and O–H groups in total. The van der Waals surface area contributed by atoms with Crippen LogP contribution in [0, 0.1) is 6.92 Å². The standard InChI is InChI=1S/C22H16N2O2S/c1-13-8-9-16-15(11-20(25)26-19(16)10-13)12-27-22-23-17-6-2-4-14-5-3-7-18(24-22)21(14)17/h2-11H,12H2,1H3,(H,23,24). The minimum Gasteiger partial charge on any atom is -0.423 e. The first-order valence-corrected chi connectivity index (χ1v) is 9.69. The van der Waals surface area contributed by atoms with E-state index in [-0.39, 0.29) is 5.63 Å². The lowest BCUT2D eigenvalue weighted by Gasteiger charge is -2.18. The molecular weight excluding hydrogens is 356 g/mol. The number of hydrogen-bond acceptors (Lipinski definition) is 5. The quantitative estimate of drug-likeness (QED) is 0.465. The van der Waals surface area contributed by atoms with Gasteiger partial charge in [-0.3, -0.25) is 0 Å². The molecule has 4 aromatic rings. The second kappa shape index (κ2) is 6.28. The smallest absolute Gasteiger partial charge is 0.336 e. The second-order valence-electron chi connectivity index (χ2n) is 6.60. The molecule has 3 aromatic carbocycles. The van der Waals surface area contributed by atoms with Crippen LogP contribution in [0.3, 0.4) is 0 Å². The molecule has 0 radical (unpaired) electrons. The average Bonchev–Trinajstić information content (AvgIpc) is 2.66. The lowest BCUT2D eigenvalue weighted by atomic mass is 10.1. The zero-order valence-electron chi connectivity index (χ0n) is 14.7. The number of hydrogen-bond donors (Lipinski definition) is 1. The highest BCUT2D eigenvalue weighted by molar-refractivity contribution is 8.13. The summed E-state index contributed by atoms with van der Waals surface area (Å²) in [5.74, 6) is 0.634. The summed E-state index contributed by atoms with van der Waals surface area (Å²) in [5, 5.41) is 7.53. The second-order valence-corrected chi connectivity index (χ2v) is 7.57. The van der Waals surface area contributed by atoms with Gasteiger partial charge in [0.1, 0.15) is 5.58 Å². The van der Waals surface area contributed by atoms with Gasteiger partial charge in [-0.1, -0.05) is 48.2 Å². The molecule has 0 aliphatic carbocycles. The highest BCUT2D eigenvalue weighted by Crippen LogP contribution is 2.37. The minimum absolute atomic E-state index is 0.322. The largest absolute Gasteiger partial charge is 0.423 e. The molecule has 1 aliphatic heterocycles.